The number of sulfonamides is 1. The number of nitrogens with two attached hydrogens (primary N) is 1. The summed E-state index contributed by atoms with van der Waals surface area (Å²) in [6.07, 6.45) is 1.44. The van der Waals surface area contributed by atoms with Gasteiger partial charge in [-0.3, -0.25) is 0 Å². The Balaban J connectivity index is 1.72. The van der Waals surface area contributed by atoms with E-state index in [1.807, 2.05) is 49.4 Å². The second kappa shape index (κ2) is 7.02. The maximum Gasteiger partial charge on any atom is 0.254 e. The number of rotatable bonds is 5. The molecule has 1 atom stereocenters. The number of aromatic nitrogens is 4. The minimum atomic E-state index is -3.77. The van der Waals surface area contributed by atoms with Crippen molar-refractivity contribution in [2.24, 2.45) is 5.14 Å². The van der Waals surface area contributed by atoms with E-state index in [0.29, 0.717) is 11.6 Å². The predicted molar refractivity (Wildman–Crippen MR) is 106 cm³/mol. The molecule has 9 heteroatoms. The van der Waals surface area contributed by atoms with Crippen molar-refractivity contribution in [3.05, 3.63) is 72.6 Å². The summed E-state index contributed by atoms with van der Waals surface area (Å²) in [7, 11) is -3.77. The smallest absolute Gasteiger partial charge is 0.254 e. The van der Waals surface area contributed by atoms with E-state index in [4.69, 9.17) is 5.14 Å². The third-order valence-electron chi connectivity index (χ3n) is 4.37. The summed E-state index contributed by atoms with van der Waals surface area (Å²) in [4.78, 5) is 8.82. The van der Waals surface area contributed by atoms with Crippen molar-refractivity contribution in [1.29, 1.82) is 0 Å². The second-order valence-corrected chi connectivity index (χ2v) is 7.91. The molecule has 8 nitrogen and oxygen atoms in total. The van der Waals surface area contributed by atoms with Crippen LogP contribution in [0.3, 0.4) is 0 Å². The zero-order chi connectivity index (χ0) is 19.7. The van der Waals surface area contributed by atoms with Crippen LogP contribution < -0.4 is 10.5 Å². The number of fused-ring (bicyclic) bond motifs is 1. The summed E-state index contributed by atoms with van der Waals surface area (Å²) in [6.45, 7) is 1.92. The van der Waals surface area contributed by atoms with Crippen LogP contribution in [0, 0.1) is 0 Å². The molecule has 4 aromatic rings. The number of primary sulfonamides is 1. The highest BCUT2D eigenvalue weighted by Crippen LogP contribution is 2.25. The molecule has 0 bridgehead atoms. The Morgan fingerprint density at radius 3 is 2.61 bits per heavy atom. The number of hydrogen-bond acceptors (Lipinski definition) is 6. The molecule has 0 saturated carbocycles. The van der Waals surface area contributed by atoms with Gasteiger partial charge >= 0.3 is 0 Å². The quantitative estimate of drug-likeness (QED) is 0.538. The first-order valence-corrected chi connectivity index (χ1v) is 10.1. The molecule has 0 aliphatic heterocycles. The summed E-state index contributed by atoms with van der Waals surface area (Å²) in [5.74, 6) is 1.16. The van der Waals surface area contributed by atoms with Gasteiger partial charge in [0.05, 0.1) is 10.6 Å². The van der Waals surface area contributed by atoms with Crippen LogP contribution in [-0.2, 0) is 10.0 Å². The fourth-order valence-corrected chi connectivity index (χ4v) is 3.51. The minimum Gasteiger partial charge on any atom is -0.363 e. The largest absolute Gasteiger partial charge is 0.363 e. The monoisotopic (exact) mass is 394 g/mol. The maximum atomic E-state index is 11.6. The van der Waals surface area contributed by atoms with Gasteiger partial charge in [-0.1, -0.05) is 42.5 Å². The Hall–Kier alpha value is -3.30. The molecule has 2 aromatic heterocycles. The van der Waals surface area contributed by atoms with Crippen molar-refractivity contribution in [3.8, 4) is 11.3 Å². The van der Waals surface area contributed by atoms with Crippen LogP contribution in [0.1, 0.15) is 18.5 Å². The Morgan fingerprint density at radius 1 is 1.07 bits per heavy atom. The summed E-state index contributed by atoms with van der Waals surface area (Å²) in [5, 5.41) is 12.8. The topological polar surface area (TPSA) is 115 Å². The van der Waals surface area contributed by atoms with Gasteiger partial charge in [-0.2, -0.15) is 14.6 Å². The second-order valence-electron chi connectivity index (χ2n) is 6.35. The van der Waals surface area contributed by atoms with E-state index in [1.165, 1.54) is 12.4 Å². The summed E-state index contributed by atoms with van der Waals surface area (Å²) in [6, 6.07) is 18.0. The highest BCUT2D eigenvalue weighted by Gasteiger charge is 2.15. The molecule has 0 saturated heterocycles. The van der Waals surface area contributed by atoms with Crippen molar-refractivity contribution in [1.82, 2.24) is 19.6 Å². The number of nitrogens with zero attached hydrogens (tertiary/aromatic N) is 4. The zero-order valence-electron chi connectivity index (χ0n) is 15.0. The van der Waals surface area contributed by atoms with Gasteiger partial charge in [0, 0.05) is 17.7 Å². The van der Waals surface area contributed by atoms with Crippen molar-refractivity contribution in [2.45, 2.75) is 17.9 Å². The van der Waals surface area contributed by atoms with Gasteiger partial charge in [-0.15, -0.1) is 0 Å². The van der Waals surface area contributed by atoms with Gasteiger partial charge in [-0.05, 0) is 24.6 Å². The van der Waals surface area contributed by atoms with Gasteiger partial charge in [0.2, 0.25) is 10.0 Å². The zero-order valence-corrected chi connectivity index (χ0v) is 15.8. The van der Waals surface area contributed by atoms with E-state index in [0.717, 1.165) is 16.8 Å². The van der Waals surface area contributed by atoms with Crippen molar-refractivity contribution < 1.29 is 8.42 Å². The molecule has 142 valence electrons. The lowest BCUT2D eigenvalue weighted by molar-refractivity contribution is 0.597. The molecule has 0 aliphatic rings. The Labute approximate surface area is 162 Å². The molecule has 2 aromatic carbocycles. The van der Waals surface area contributed by atoms with E-state index in [9.17, 15) is 8.42 Å². The Bertz CT molecular complexity index is 1240. The first-order valence-electron chi connectivity index (χ1n) is 8.57. The fourth-order valence-electron chi connectivity index (χ4n) is 2.94. The lowest BCUT2D eigenvalue weighted by Crippen LogP contribution is -2.14. The first-order chi connectivity index (χ1) is 13.4. The van der Waals surface area contributed by atoms with Gasteiger partial charge in [0.15, 0.2) is 0 Å². The van der Waals surface area contributed by atoms with Crippen molar-refractivity contribution in [3.63, 3.8) is 0 Å². The van der Waals surface area contributed by atoms with Crippen LogP contribution in [0.25, 0.3) is 17.0 Å². The summed E-state index contributed by atoms with van der Waals surface area (Å²) >= 11 is 0. The number of hydrogen-bond donors (Lipinski definition) is 2. The molecule has 0 radical (unpaired) electrons. The standard InChI is InChI=1S/C19H18N6O2S/c1-13(15-8-5-9-16(10-15)28(20,26)27)23-18-11-17(14-6-3-2-4-7-14)24-19-21-12-22-25(18)19/h2-13,23H,1H3,(H2,20,26,27). The van der Waals surface area contributed by atoms with Crippen LogP contribution in [0.15, 0.2) is 71.9 Å². The van der Waals surface area contributed by atoms with E-state index in [2.05, 4.69) is 20.4 Å². The van der Waals surface area contributed by atoms with Crippen LogP contribution in [0.2, 0.25) is 0 Å². The van der Waals surface area contributed by atoms with Gasteiger partial charge in [0.25, 0.3) is 5.78 Å². The van der Waals surface area contributed by atoms with E-state index in [-0.39, 0.29) is 10.9 Å². The lowest BCUT2D eigenvalue weighted by Gasteiger charge is -2.17. The lowest BCUT2D eigenvalue weighted by atomic mass is 10.1. The van der Waals surface area contributed by atoms with Crippen LogP contribution >= 0.6 is 0 Å². The fraction of sp³-hybridized carbons (Fsp3) is 0.105. The summed E-state index contributed by atoms with van der Waals surface area (Å²) in [5.41, 5.74) is 2.49. The van der Waals surface area contributed by atoms with Gasteiger partial charge in [0.1, 0.15) is 12.1 Å². The molecule has 28 heavy (non-hydrogen) atoms. The third-order valence-corrected chi connectivity index (χ3v) is 5.28. The first kappa shape index (κ1) is 18.1. The highest BCUT2D eigenvalue weighted by molar-refractivity contribution is 7.89. The summed E-state index contributed by atoms with van der Waals surface area (Å²) < 4.78 is 24.9. The van der Waals surface area contributed by atoms with Crippen LogP contribution in [0.5, 0.6) is 0 Å². The third kappa shape index (κ3) is 3.57. The molecular weight excluding hydrogens is 376 g/mol. The van der Waals surface area contributed by atoms with E-state index in [1.54, 1.807) is 16.6 Å². The Kier molecular flexibility index (Phi) is 4.54. The maximum absolute atomic E-state index is 11.6. The minimum absolute atomic E-state index is 0.0734. The van der Waals surface area contributed by atoms with Crippen molar-refractivity contribution in [2.75, 3.05) is 5.32 Å². The van der Waals surface area contributed by atoms with E-state index < -0.39 is 10.0 Å². The number of nitrogens with one attached hydrogen (secondary N) is 1. The molecule has 3 N–H and O–H groups in total. The van der Waals surface area contributed by atoms with Gasteiger partial charge < -0.3 is 5.32 Å². The normalized spacial score (nSPS) is 12.8. The molecule has 0 amide bonds. The molecular formula is C19H18N6O2S. The highest BCUT2D eigenvalue weighted by atomic mass is 32.2. The average molecular weight is 394 g/mol. The SMILES string of the molecule is CC(Nc1cc(-c2ccccc2)nc2ncnn12)c1cccc(S(N)(=O)=O)c1. The molecule has 1 unspecified atom stereocenters. The average Bonchev–Trinajstić information content (AvgIpc) is 3.17. The molecule has 2 heterocycles. The Morgan fingerprint density at radius 2 is 1.86 bits per heavy atom. The number of anilines is 1. The molecule has 0 fully saturated rings. The predicted octanol–water partition coefficient (Wildman–Crippen LogP) is 2.61. The molecule has 4 rings (SSSR count). The van der Waals surface area contributed by atoms with Gasteiger partial charge in [-0.25, -0.2) is 18.5 Å². The van der Waals surface area contributed by atoms with E-state index >= 15 is 0 Å². The van der Waals surface area contributed by atoms with Crippen molar-refractivity contribution >= 4 is 21.6 Å². The van der Waals surface area contributed by atoms with Crippen LogP contribution in [0.4, 0.5) is 5.82 Å². The number of benzene rings is 2. The van der Waals surface area contributed by atoms with Crippen LogP contribution in [-0.4, -0.2) is 28.0 Å². The molecule has 0 aliphatic carbocycles. The molecule has 0 spiro atoms.